The summed E-state index contributed by atoms with van der Waals surface area (Å²) in [4.78, 5) is 16.4. The smallest absolute Gasteiger partial charge is 0.376 e. The van der Waals surface area contributed by atoms with Crippen molar-refractivity contribution in [3.05, 3.63) is 17.3 Å². The molecule has 0 aromatic carbocycles. The Bertz CT molecular complexity index is 435. The van der Waals surface area contributed by atoms with Gasteiger partial charge >= 0.3 is 5.97 Å². The van der Waals surface area contributed by atoms with Crippen LogP contribution in [0.2, 0.25) is 0 Å². The zero-order valence-electron chi connectivity index (χ0n) is 12.3. The summed E-state index contributed by atoms with van der Waals surface area (Å²) in [6.45, 7) is 4.88. The molecule has 0 atom stereocenters. The molecule has 1 aromatic heterocycles. The van der Waals surface area contributed by atoms with Gasteiger partial charge in [-0.05, 0) is 26.7 Å². The van der Waals surface area contributed by atoms with Gasteiger partial charge in [0.25, 0.3) is 0 Å². The first-order chi connectivity index (χ1) is 9.76. The van der Waals surface area contributed by atoms with Gasteiger partial charge in [-0.2, -0.15) is 0 Å². The molecule has 0 unspecified atom stereocenters. The predicted molar refractivity (Wildman–Crippen MR) is 73.6 cm³/mol. The van der Waals surface area contributed by atoms with E-state index in [0.29, 0.717) is 37.3 Å². The van der Waals surface area contributed by atoms with Gasteiger partial charge in [0.1, 0.15) is 5.69 Å². The van der Waals surface area contributed by atoms with Crippen LogP contribution in [0.5, 0.6) is 0 Å². The maximum Gasteiger partial charge on any atom is 0.376 e. The molecule has 0 amide bonds. The van der Waals surface area contributed by atoms with Crippen LogP contribution in [-0.4, -0.2) is 24.2 Å². The van der Waals surface area contributed by atoms with E-state index >= 15 is 0 Å². The second-order valence-corrected chi connectivity index (χ2v) is 5.02. The van der Waals surface area contributed by atoms with E-state index < -0.39 is 5.97 Å². The molecule has 112 valence electrons. The number of carbonyl (C=O) groups is 1. The van der Waals surface area contributed by atoms with E-state index in [1.54, 1.807) is 6.92 Å². The van der Waals surface area contributed by atoms with E-state index in [-0.39, 0.29) is 5.76 Å². The van der Waals surface area contributed by atoms with Gasteiger partial charge in [0.2, 0.25) is 5.76 Å². The van der Waals surface area contributed by atoms with E-state index in [1.165, 1.54) is 19.3 Å². The summed E-state index contributed by atoms with van der Waals surface area (Å²) in [5.41, 5.74) is 0.561. The zero-order valence-corrected chi connectivity index (χ0v) is 12.3. The second kappa shape index (κ2) is 7.43. The molecule has 1 heterocycles. The molecule has 1 saturated carbocycles. The number of aromatic nitrogens is 1. The molecule has 5 nitrogen and oxygen atoms in total. The molecule has 1 aliphatic carbocycles. The van der Waals surface area contributed by atoms with Crippen molar-refractivity contribution in [1.29, 1.82) is 0 Å². The van der Waals surface area contributed by atoms with Gasteiger partial charge in [-0.25, -0.2) is 9.78 Å². The van der Waals surface area contributed by atoms with Crippen LogP contribution >= 0.6 is 0 Å². The Labute approximate surface area is 119 Å². The lowest BCUT2D eigenvalue weighted by Crippen LogP contribution is -2.07. The molecule has 0 bridgehead atoms. The van der Waals surface area contributed by atoms with Gasteiger partial charge in [-0.1, -0.05) is 19.3 Å². The number of rotatable bonds is 6. The Hall–Kier alpha value is -1.36. The molecule has 5 heteroatoms. The highest BCUT2D eigenvalue weighted by molar-refractivity contribution is 5.87. The molecule has 1 aliphatic rings. The van der Waals surface area contributed by atoms with Crippen LogP contribution < -0.4 is 0 Å². The number of hydrogen-bond acceptors (Lipinski definition) is 5. The molecule has 2 rings (SSSR count). The lowest BCUT2D eigenvalue weighted by atomic mass is 9.89. The van der Waals surface area contributed by atoms with Crippen molar-refractivity contribution in [1.82, 2.24) is 4.98 Å². The lowest BCUT2D eigenvalue weighted by Gasteiger charge is -2.17. The van der Waals surface area contributed by atoms with Crippen LogP contribution in [0.4, 0.5) is 0 Å². The van der Waals surface area contributed by atoms with Crippen molar-refractivity contribution in [3.63, 3.8) is 0 Å². The van der Waals surface area contributed by atoms with Crippen LogP contribution in [0.15, 0.2) is 4.42 Å². The summed E-state index contributed by atoms with van der Waals surface area (Å²) in [5.74, 6) is 0.757. The highest BCUT2D eigenvalue weighted by Gasteiger charge is 2.26. The van der Waals surface area contributed by atoms with E-state index in [9.17, 15) is 4.79 Å². The second-order valence-electron chi connectivity index (χ2n) is 5.02. The number of carbonyl (C=O) groups excluding carboxylic acids is 1. The molecule has 0 N–H and O–H groups in total. The molecule has 20 heavy (non-hydrogen) atoms. The number of esters is 1. The van der Waals surface area contributed by atoms with Gasteiger partial charge in [0.05, 0.1) is 13.2 Å². The highest BCUT2D eigenvalue weighted by Crippen LogP contribution is 2.33. The van der Waals surface area contributed by atoms with Gasteiger partial charge in [0, 0.05) is 12.5 Å². The van der Waals surface area contributed by atoms with Crippen LogP contribution in [0.1, 0.15) is 74.0 Å². The standard InChI is InChI=1S/C15H23NO4/c1-3-18-10-12-13(15(17)19-4-2)20-14(16-12)11-8-6-5-7-9-11/h11H,3-10H2,1-2H3. The fraction of sp³-hybridized carbons (Fsp3) is 0.733. The van der Waals surface area contributed by atoms with E-state index in [0.717, 1.165) is 12.8 Å². The number of ether oxygens (including phenoxy) is 2. The van der Waals surface area contributed by atoms with Gasteiger partial charge in [-0.15, -0.1) is 0 Å². The van der Waals surface area contributed by atoms with Crippen molar-refractivity contribution in [2.75, 3.05) is 13.2 Å². The number of oxazole rings is 1. The number of hydrogen-bond donors (Lipinski definition) is 0. The molecule has 1 fully saturated rings. The predicted octanol–water partition coefficient (Wildman–Crippen LogP) is 3.44. The molecular weight excluding hydrogens is 258 g/mol. The quantitative estimate of drug-likeness (QED) is 0.747. The van der Waals surface area contributed by atoms with Gasteiger partial charge in [0.15, 0.2) is 5.89 Å². The van der Waals surface area contributed by atoms with Crippen molar-refractivity contribution in [2.24, 2.45) is 0 Å². The number of nitrogens with zero attached hydrogens (tertiary/aromatic N) is 1. The van der Waals surface area contributed by atoms with Crippen LogP contribution in [0, 0.1) is 0 Å². The first-order valence-electron chi connectivity index (χ1n) is 7.50. The minimum absolute atomic E-state index is 0.209. The Morgan fingerprint density at radius 2 is 2.00 bits per heavy atom. The van der Waals surface area contributed by atoms with Crippen molar-refractivity contribution in [2.45, 2.75) is 58.5 Å². The summed E-state index contributed by atoms with van der Waals surface area (Å²) in [5, 5.41) is 0. The van der Waals surface area contributed by atoms with E-state index in [2.05, 4.69) is 4.98 Å². The van der Waals surface area contributed by atoms with Crippen molar-refractivity contribution < 1.29 is 18.7 Å². The molecule has 1 aromatic rings. The molecule has 0 saturated heterocycles. The highest BCUT2D eigenvalue weighted by atomic mass is 16.5. The SMILES string of the molecule is CCOCc1nc(C2CCCCC2)oc1C(=O)OCC. The third-order valence-electron chi connectivity index (χ3n) is 3.57. The summed E-state index contributed by atoms with van der Waals surface area (Å²) in [7, 11) is 0. The molecular formula is C15H23NO4. The average molecular weight is 281 g/mol. The van der Waals surface area contributed by atoms with Gasteiger partial charge in [-0.3, -0.25) is 0 Å². The van der Waals surface area contributed by atoms with Crippen LogP contribution in [0.3, 0.4) is 0 Å². The third kappa shape index (κ3) is 3.60. The average Bonchev–Trinajstić information content (AvgIpc) is 2.90. The maximum absolute atomic E-state index is 11.9. The van der Waals surface area contributed by atoms with Crippen LogP contribution in [0.25, 0.3) is 0 Å². The Balaban J connectivity index is 2.18. The van der Waals surface area contributed by atoms with Crippen molar-refractivity contribution >= 4 is 5.97 Å². The molecule has 0 aliphatic heterocycles. The molecule has 0 spiro atoms. The van der Waals surface area contributed by atoms with E-state index in [4.69, 9.17) is 13.9 Å². The summed E-state index contributed by atoms with van der Waals surface area (Å²) in [6.07, 6.45) is 5.83. The first kappa shape index (κ1) is 15.0. The Morgan fingerprint density at radius 3 is 2.65 bits per heavy atom. The Kier molecular flexibility index (Phi) is 5.59. The van der Waals surface area contributed by atoms with Crippen molar-refractivity contribution in [3.8, 4) is 0 Å². The van der Waals surface area contributed by atoms with E-state index in [1.807, 2.05) is 6.92 Å². The minimum atomic E-state index is -0.447. The zero-order chi connectivity index (χ0) is 14.4. The monoisotopic (exact) mass is 281 g/mol. The van der Waals surface area contributed by atoms with Gasteiger partial charge < -0.3 is 13.9 Å². The maximum atomic E-state index is 11.9. The fourth-order valence-electron chi connectivity index (χ4n) is 2.55. The Morgan fingerprint density at radius 1 is 1.25 bits per heavy atom. The fourth-order valence-corrected chi connectivity index (χ4v) is 2.55. The summed E-state index contributed by atoms with van der Waals surface area (Å²) in [6, 6.07) is 0. The summed E-state index contributed by atoms with van der Waals surface area (Å²) >= 11 is 0. The largest absolute Gasteiger partial charge is 0.460 e. The minimum Gasteiger partial charge on any atom is -0.460 e. The first-order valence-corrected chi connectivity index (χ1v) is 7.50. The topological polar surface area (TPSA) is 61.6 Å². The normalized spacial score (nSPS) is 16.3. The molecule has 0 radical (unpaired) electrons. The summed E-state index contributed by atoms with van der Waals surface area (Å²) < 4.78 is 16.1. The van der Waals surface area contributed by atoms with Crippen LogP contribution in [-0.2, 0) is 16.1 Å². The lowest BCUT2D eigenvalue weighted by molar-refractivity contribution is 0.0477. The third-order valence-corrected chi connectivity index (χ3v) is 3.57.